The van der Waals surface area contributed by atoms with E-state index in [-0.39, 0.29) is 0 Å². The molecule has 1 unspecified atom stereocenters. The molecular formula is C13H22N2O2S2. The van der Waals surface area contributed by atoms with Gasteiger partial charge in [-0.1, -0.05) is 6.92 Å². The summed E-state index contributed by atoms with van der Waals surface area (Å²) in [5, 5.41) is 2.87. The van der Waals surface area contributed by atoms with Gasteiger partial charge in [0.25, 0.3) is 0 Å². The molecule has 1 aromatic heterocycles. The maximum atomic E-state index is 12.1. The Balaban J connectivity index is 1.81. The van der Waals surface area contributed by atoms with Crippen molar-refractivity contribution in [3.8, 4) is 0 Å². The highest BCUT2D eigenvalue weighted by Gasteiger charge is 2.25. The molecule has 2 rings (SSSR count). The van der Waals surface area contributed by atoms with Crippen molar-refractivity contribution in [2.75, 3.05) is 6.54 Å². The molecule has 0 bridgehead atoms. The van der Waals surface area contributed by atoms with Gasteiger partial charge in [-0.25, -0.2) is 13.1 Å². The van der Waals surface area contributed by atoms with E-state index in [9.17, 15) is 8.42 Å². The van der Waals surface area contributed by atoms with E-state index in [1.807, 2.05) is 6.07 Å². The standard InChI is InChI=1S/C13H22N2O2S2/c1-3-12-6-7-13(18-12)9-15-19(16,17)10(2)8-14-11-4-5-11/h6-7,10-11,14-15H,3-5,8-9H2,1-2H3. The normalized spacial score (nSPS) is 17.6. The Hall–Kier alpha value is -0.430. The van der Waals surface area contributed by atoms with Gasteiger partial charge in [0.1, 0.15) is 0 Å². The van der Waals surface area contributed by atoms with Gasteiger partial charge in [0.05, 0.1) is 5.25 Å². The predicted molar refractivity (Wildman–Crippen MR) is 79.9 cm³/mol. The van der Waals surface area contributed by atoms with Gasteiger partial charge < -0.3 is 5.32 Å². The van der Waals surface area contributed by atoms with Crippen LogP contribution in [-0.4, -0.2) is 26.3 Å². The van der Waals surface area contributed by atoms with Crippen LogP contribution in [0.25, 0.3) is 0 Å². The number of thiophene rings is 1. The highest BCUT2D eigenvalue weighted by atomic mass is 32.2. The van der Waals surface area contributed by atoms with Crippen molar-refractivity contribution < 1.29 is 8.42 Å². The molecule has 108 valence electrons. The number of aryl methyl sites for hydroxylation is 1. The van der Waals surface area contributed by atoms with Crippen molar-refractivity contribution in [2.24, 2.45) is 0 Å². The molecule has 1 heterocycles. The van der Waals surface area contributed by atoms with Crippen LogP contribution in [0.5, 0.6) is 0 Å². The van der Waals surface area contributed by atoms with Crippen molar-refractivity contribution in [1.82, 2.24) is 10.0 Å². The molecule has 1 aromatic rings. The fourth-order valence-corrected chi connectivity index (χ4v) is 3.70. The summed E-state index contributed by atoms with van der Waals surface area (Å²) in [4.78, 5) is 2.36. The molecule has 0 aromatic carbocycles. The van der Waals surface area contributed by atoms with E-state index in [1.54, 1.807) is 18.3 Å². The molecule has 0 saturated heterocycles. The highest BCUT2D eigenvalue weighted by Crippen LogP contribution is 2.19. The van der Waals surface area contributed by atoms with Crippen LogP contribution in [0.15, 0.2) is 12.1 Å². The third-order valence-electron chi connectivity index (χ3n) is 3.31. The van der Waals surface area contributed by atoms with Crippen molar-refractivity contribution in [2.45, 2.75) is 50.9 Å². The minimum absolute atomic E-state index is 0.390. The Bertz CT molecular complexity index is 506. The van der Waals surface area contributed by atoms with Crippen molar-refractivity contribution in [3.63, 3.8) is 0 Å². The Morgan fingerprint density at radius 1 is 1.37 bits per heavy atom. The molecule has 1 aliphatic carbocycles. The molecule has 1 aliphatic rings. The zero-order valence-corrected chi connectivity index (χ0v) is 13.1. The smallest absolute Gasteiger partial charge is 0.215 e. The van der Waals surface area contributed by atoms with E-state index in [1.165, 1.54) is 17.7 Å². The first-order chi connectivity index (χ1) is 9.01. The lowest BCUT2D eigenvalue weighted by molar-refractivity contribution is 0.557. The number of rotatable bonds is 8. The minimum atomic E-state index is -3.23. The van der Waals surface area contributed by atoms with Gasteiger partial charge in [-0.2, -0.15) is 0 Å². The molecule has 0 spiro atoms. The third kappa shape index (κ3) is 4.56. The van der Waals surface area contributed by atoms with Crippen LogP contribution < -0.4 is 10.0 Å². The lowest BCUT2D eigenvalue weighted by Crippen LogP contribution is -2.39. The average molecular weight is 302 g/mol. The van der Waals surface area contributed by atoms with Gasteiger partial charge in [-0.15, -0.1) is 11.3 Å². The first-order valence-corrected chi connectivity index (χ1v) is 9.17. The number of sulfonamides is 1. The van der Waals surface area contributed by atoms with Crippen LogP contribution in [0.2, 0.25) is 0 Å². The molecule has 0 radical (unpaired) electrons. The van der Waals surface area contributed by atoms with E-state index >= 15 is 0 Å². The summed E-state index contributed by atoms with van der Waals surface area (Å²) in [6.07, 6.45) is 3.35. The highest BCUT2D eigenvalue weighted by molar-refractivity contribution is 7.90. The predicted octanol–water partition coefficient (Wildman–Crippen LogP) is 1.87. The van der Waals surface area contributed by atoms with E-state index in [2.05, 4.69) is 23.0 Å². The van der Waals surface area contributed by atoms with Crippen LogP contribution in [0, 0.1) is 0 Å². The summed E-state index contributed by atoms with van der Waals surface area (Å²) >= 11 is 1.67. The van der Waals surface area contributed by atoms with Crippen LogP contribution in [-0.2, 0) is 23.0 Å². The molecule has 1 fully saturated rings. The maximum Gasteiger partial charge on any atom is 0.215 e. The third-order valence-corrected chi connectivity index (χ3v) is 6.32. The molecule has 6 heteroatoms. The molecule has 19 heavy (non-hydrogen) atoms. The monoisotopic (exact) mass is 302 g/mol. The van der Waals surface area contributed by atoms with Gasteiger partial charge in [-0.3, -0.25) is 0 Å². The Morgan fingerprint density at radius 3 is 2.63 bits per heavy atom. The number of hydrogen-bond acceptors (Lipinski definition) is 4. The summed E-state index contributed by atoms with van der Waals surface area (Å²) in [6, 6.07) is 4.60. The number of hydrogen-bond donors (Lipinski definition) is 2. The van der Waals surface area contributed by atoms with Crippen LogP contribution >= 0.6 is 11.3 Å². The second-order valence-corrected chi connectivity index (χ2v) is 8.52. The van der Waals surface area contributed by atoms with E-state index in [0.29, 0.717) is 19.1 Å². The second-order valence-electron chi connectivity index (χ2n) is 5.08. The summed E-state index contributed by atoms with van der Waals surface area (Å²) in [6.45, 7) is 4.79. The van der Waals surface area contributed by atoms with Crippen molar-refractivity contribution >= 4 is 21.4 Å². The molecule has 0 aliphatic heterocycles. The average Bonchev–Trinajstić information content (AvgIpc) is 3.10. The van der Waals surface area contributed by atoms with Gasteiger partial charge in [-0.05, 0) is 38.3 Å². The molecule has 1 atom stereocenters. The van der Waals surface area contributed by atoms with E-state index in [0.717, 1.165) is 11.3 Å². The molecular weight excluding hydrogens is 280 g/mol. The maximum absolute atomic E-state index is 12.1. The van der Waals surface area contributed by atoms with Gasteiger partial charge in [0.15, 0.2) is 0 Å². The quantitative estimate of drug-likeness (QED) is 0.771. The van der Waals surface area contributed by atoms with Gasteiger partial charge >= 0.3 is 0 Å². The summed E-state index contributed by atoms with van der Waals surface area (Å²) < 4.78 is 26.8. The topological polar surface area (TPSA) is 58.2 Å². The van der Waals surface area contributed by atoms with Gasteiger partial charge in [0.2, 0.25) is 10.0 Å². The minimum Gasteiger partial charge on any atom is -0.313 e. The van der Waals surface area contributed by atoms with E-state index < -0.39 is 15.3 Å². The molecule has 1 saturated carbocycles. The van der Waals surface area contributed by atoms with Crippen molar-refractivity contribution in [1.29, 1.82) is 0 Å². The summed E-state index contributed by atoms with van der Waals surface area (Å²) in [7, 11) is -3.23. The number of nitrogens with one attached hydrogen (secondary N) is 2. The zero-order chi connectivity index (χ0) is 13.9. The van der Waals surface area contributed by atoms with Crippen molar-refractivity contribution in [3.05, 3.63) is 21.9 Å². The zero-order valence-electron chi connectivity index (χ0n) is 11.5. The fraction of sp³-hybridized carbons (Fsp3) is 0.692. The first kappa shape index (κ1) is 15.0. The second kappa shape index (κ2) is 6.35. The SMILES string of the molecule is CCc1ccc(CNS(=O)(=O)C(C)CNC2CC2)s1. The van der Waals surface area contributed by atoms with Crippen LogP contribution in [0.4, 0.5) is 0 Å². The largest absolute Gasteiger partial charge is 0.313 e. The first-order valence-electron chi connectivity index (χ1n) is 6.80. The summed E-state index contributed by atoms with van der Waals surface area (Å²) in [5.41, 5.74) is 0. The Kier molecular flexibility index (Phi) is 5.00. The lowest BCUT2D eigenvalue weighted by Gasteiger charge is -2.14. The van der Waals surface area contributed by atoms with Crippen LogP contribution in [0.1, 0.15) is 36.4 Å². The molecule has 4 nitrogen and oxygen atoms in total. The van der Waals surface area contributed by atoms with Gasteiger partial charge in [0, 0.05) is 28.9 Å². The Labute approximate surface area is 119 Å². The summed E-state index contributed by atoms with van der Waals surface area (Å²) in [5.74, 6) is 0. The van der Waals surface area contributed by atoms with Crippen LogP contribution in [0.3, 0.4) is 0 Å². The Morgan fingerprint density at radius 2 is 2.05 bits per heavy atom. The molecule has 0 amide bonds. The lowest BCUT2D eigenvalue weighted by atomic mass is 10.4. The molecule has 2 N–H and O–H groups in total. The fourth-order valence-electron chi connectivity index (χ4n) is 1.75. The van der Waals surface area contributed by atoms with E-state index in [4.69, 9.17) is 0 Å².